The number of hydrogen-bond donors (Lipinski definition) is 2. The van der Waals surface area contributed by atoms with Gasteiger partial charge in [-0.25, -0.2) is 4.98 Å². The molecule has 0 atom stereocenters. The molecule has 3 nitrogen and oxygen atoms in total. The van der Waals surface area contributed by atoms with Crippen LogP contribution < -0.4 is 11.1 Å². The molecule has 1 aromatic heterocycles. The summed E-state index contributed by atoms with van der Waals surface area (Å²) in [6.45, 7) is 1.98. The number of anilines is 2. The molecule has 0 bridgehead atoms. The Balaban J connectivity index is 1.91. The molecule has 1 aromatic rings. The lowest BCUT2D eigenvalue weighted by Gasteiger charge is -2.28. The zero-order valence-corrected chi connectivity index (χ0v) is 11.4. The highest BCUT2D eigenvalue weighted by Gasteiger charge is 2.20. The molecule has 0 aromatic carbocycles. The van der Waals surface area contributed by atoms with Gasteiger partial charge in [-0.1, -0.05) is 0 Å². The first-order valence-corrected chi connectivity index (χ1v) is 7.49. The number of nitrogens with zero attached hydrogens (tertiary/aromatic N) is 1. The van der Waals surface area contributed by atoms with Crippen LogP contribution in [0.1, 0.15) is 31.2 Å². The Hall–Kier alpha value is -0.900. The zero-order valence-electron chi connectivity index (χ0n) is 10.6. The third kappa shape index (κ3) is 3.28. The maximum atomic E-state index is 5.89. The van der Waals surface area contributed by atoms with Crippen LogP contribution in [-0.4, -0.2) is 22.5 Å². The fourth-order valence-electron chi connectivity index (χ4n) is 2.27. The average molecular weight is 251 g/mol. The van der Waals surface area contributed by atoms with Gasteiger partial charge in [0.1, 0.15) is 5.82 Å². The lowest BCUT2D eigenvalue weighted by Crippen LogP contribution is -2.27. The highest BCUT2D eigenvalue weighted by molar-refractivity contribution is 7.99. The van der Waals surface area contributed by atoms with E-state index in [2.05, 4.69) is 16.6 Å². The van der Waals surface area contributed by atoms with Crippen LogP contribution in [-0.2, 0) is 0 Å². The van der Waals surface area contributed by atoms with Gasteiger partial charge in [-0.05, 0) is 44.4 Å². The van der Waals surface area contributed by atoms with Crippen LogP contribution in [0.4, 0.5) is 11.5 Å². The van der Waals surface area contributed by atoms with Gasteiger partial charge < -0.3 is 11.1 Å². The minimum absolute atomic E-state index is 0.563. The van der Waals surface area contributed by atoms with E-state index < -0.39 is 0 Å². The largest absolute Gasteiger partial charge is 0.398 e. The maximum Gasteiger partial charge on any atom is 0.128 e. The van der Waals surface area contributed by atoms with Crippen LogP contribution in [0.5, 0.6) is 0 Å². The summed E-state index contributed by atoms with van der Waals surface area (Å²) in [6.07, 6.45) is 9.13. The highest BCUT2D eigenvalue weighted by Crippen LogP contribution is 2.28. The summed E-state index contributed by atoms with van der Waals surface area (Å²) in [5.74, 6) is 0.917. The maximum absolute atomic E-state index is 5.89. The zero-order chi connectivity index (χ0) is 12.3. The monoisotopic (exact) mass is 251 g/mol. The number of rotatable bonds is 3. The van der Waals surface area contributed by atoms with E-state index >= 15 is 0 Å². The number of aryl methyl sites for hydroxylation is 1. The standard InChI is InChI=1S/C13H21N3S/c1-9-8-15-13(7-12(9)14)16-10-3-5-11(17-2)6-4-10/h7-8,10-11H,3-6H2,1-2H3,(H3,14,15,16). The van der Waals surface area contributed by atoms with E-state index in [1.807, 2.05) is 30.9 Å². The molecular formula is C13H21N3S. The number of nitrogen functional groups attached to an aromatic ring is 1. The molecule has 0 spiro atoms. The van der Waals surface area contributed by atoms with Gasteiger partial charge in [0.25, 0.3) is 0 Å². The van der Waals surface area contributed by atoms with Crippen molar-refractivity contribution in [1.82, 2.24) is 4.98 Å². The molecular weight excluding hydrogens is 230 g/mol. The smallest absolute Gasteiger partial charge is 0.128 e. The Morgan fingerprint density at radius 1 is 1.35 bits per heavy atom. The molecule has 1 fully saturated rings. The van der Waals surface area contributed by atoms with Crippen LogP contribution >= 0.6 is 11.8 Å². The van der Waals surface area contributed by atoms with Crippen molar-refractivity contribution in [3.63, 3.8) is 0 Å². The van der Waals surface area contributed by atoms with Crippen molar-refractivity contribution in [2.75, 3.05) is 17.3 Å². The second-order valence-corrected chi connectivity index (χ2v) is 5.92. The molecule has 1 aliphatic carbocycles. The summed E-state index contributed by atoms with van der Waals surface area (Å²) in [7, 11) is 0. The number of hydrogen-bond acceptors (Lipinski definition) is 4. The lowest BCUT2D eigenvalue weighted by molar-refractivity contribution is 0.472. The number of aromatic nitrogens is 1. The Bertz CT molecular complexity index is 373. The molecule has 0 radical (unpaired) electrons. The van der Waals surface area contributed by atoms with Gasteiger partial charge in [0.15, 0.2) is 0 Å². The summed E-state index contributed by atoms with van der Waals surface area (Å²) in [5.41, 5.74) is 7.75. The second kappa shape index (κ2) is 5.63. The number of thioether (sulfide) groups is 1. The van der Waals surface area contributed by atoms with E-state index in [1.165, 1.54) is 25.7 Å². The van der Waals surface area contributed by atoms with Crippen LogP contribution in [0.3, 0.4) is 0 Å². The fraction of sp³-hybridized carbons (Fsp3) is 0.615. The first kappa shape index (κ1) is 12.6. The van der Waals surface area contributed by atoms with Gasteiger partial charge >= 0.3 is 0 Å². The molecule has 0 saturated heterocycles. The Kier molecular flexibility index (Phi) is 4.15. The van der Waals surface area contributed by atoms with E-state index in [0.717, 1.165) is 22.3 Å². The summed E-state index contributed by atoms with van der Waals surface area (Å²) >= 11 is 2.00. The summed E-state index contributed by atoms with van der Waals surface area (Å²) < 4.78 is 0. The van der Waals surface area contributed by atoms with Gasteiger partial charge in [0.2, 0.25) is 0 Å². The fourth-order valence-corrected chi connectivity index (χ4v) is 3.01. The predicted octanol–water partition coefficient (Wildman–Crippen LogP) is 3.06. The van der Waals surface area contributed by atoms with Crippen LogP contribution in [0.25, 0.3) is 0 Å². The van der Waals surface area contributed by atoms with E-state index in [9.17, 15) is 0 Å². The third-order valence-electron chi connectivity index (χ3n) is 3.50. The molecule has 1 saturated carbocycles. The van der Waals surface area contributed by atoms with Crippen molar-refractivity contribution >= 4 is 23.3 Å². The lowest BCUT2D eigenvalue weighted by atomic mass is 9.95. The quantitative estimate of drug-likeness (QED) is 0.867. The number of nitrogens with one attached hydrogen (secondary N) is 1. The first-order valence-electron chi connectivity index (χ1n) is 6.20. The van der Waals surface area contributed by atoms with Crippen molar-refractivity contribution in [1.29, 1.82) is 0 Å². The van der Waals surface area contributed by atoms with Crippen molar-refractivity contribution < 1.29 is 0 Å². The molecule has 1 heterocycles. The minimum atomic E-state index is 0.563. The van der Waals surface area contributed by atoms with E-state index in [4.69, 9.17) is 5.73 Å². The van der Waals surface area contributed by atoms with Crippen LogP contribution in [0, 0.1) is 6.92 Å². The van der Waals surface area contributed by atoms with Crippen LogP contribution in [0.15, 0.2) is 12.3 Å². The predicted molar refractivity (Wildman–Crippen MR) is 76.6 cm³/mol. The van der Waals surface area contributed by atoms with Crippen molar-refractivity contribution in [3.05, 3.63) is 17.8 Å². The Morgan fingerprint density at radius 3 is 2.65 bits per heavy atom. The molecule has 17 heavy (non-hydrogen) atoms. The van der Waals surface area contributed by atoms with Gasteiger partial charge in [0.05, 0.1) is 0 Å². The summed E-state index contributed by atoms with van der Waals surface area (Å²) in [6, 6.07) is 2.50. The molecule has 4 heteroatoms. The minimum Gasteiger partial charge on any atom is -0.398 e. The van der Waals surface area contributed by atoms with Crippen molar-refractivity contribution in [3.8, 4) is 0 Å². The molecule has 0 amide bonds. The van der Waals surface area contributed by atoms with Gasteiger partial charge in [0, 0.05) is 29.2 Å². The van der Waals surface area contributed by atoms with Crippen molar-refractivity contribution in [2.45, 2.75) is 43.9 Å². The van der Waals surface area contributed by atoms with Gasteiger partial charge in [-0.3, -0.25) is 0 Å². The third-order valence-corrected chi connectivity index (χ3v) is 4.64. The molecule has 0 unspecified atom stereocenters. The second-order valence-electron chi connectivity index (χ2n) is 4.78. The van der Waals surface area contributed by atoms with Gasteiger partial charge in [-0.15, -0.1) is 0 Å². The molecule has 2 rings (SSSR count). The van der Waals surface area contributed by atoms with Crippen molar-refractivity contribution in [2.24, 2.45) is 0 Å². The van der Waals surface area contributed by atoms with E-state index in [0.29, 0.717) is 6.04 Å². The Morgan fingerprint density at radius 2 is 2.06 bits per heavy atom. The SMILES string of the molecule is CSC1CCC(Nc2cc(N)c(C)cn2)CC1. The summed E-state index contributed by atoms with van der Waals surface area (Å²) in [4.78, 5) is 4.38. The molecule has 1 aliphatic rings. The normalized spacial score (nSPS) is 24.6. The highest BCUT2D eigenvalue weighted by atomic mass is 32.2. The first-order chi connectivity index (χ1) is 8.19. The molecule has 3 N–H and O–H groups in total. The average Bonchev–Trinajstić information content (AvgIpc) is 2.35. The Labute approximate surface area is 108 Å². The number of pyridine rings is 1. The summed E-state index contributed by atoms with van der Waals surface area (Å²) in [5, 5.41) is 4.34. The van der Waals surface area contributed by atoms with E-state index in [1.54, 1.807) is 0 Å². The van der Waals surface area contributed by atoms with Crippen LogP contribution in [0.2, 0.25) is 0 Å². The molecule has 0 aliphatic heterocycles. The van der Waals surface area contributed by atoms with Gasteiger partial charge in [-0.2, -0.15) is 11.8 Å². The number of nitrogens with two attached hydrogens (primary N) is 1. The topological polar surface area (TPSA) is 50.9 Å². The molecule has 94 valence electrons. The van der Waals surface area contributed by atoms with E-state index in [-0.39, 0.29) is 0 Å².